The quantitative estimate of drug-likeness (QED) is 0.552. The number of benzene rings is 1. The highest BCUT2D eigenvalue weighted by molar-refractivity contribution is 5.73. The molecule has 0 aliphatic carbocycles. The molecule has 1 rings (SSSR count). The first-order valence-corrected chi connectivity index (χ1v) is 6.39. The lowest BCUT2D eigenvalue weighted by atomic mass is 10.1. The van der Waals surface area contributed by atoms with Gasteiger partial charge < -0.3 is 20.6 Å². The van der Waals surface area contributed by atoms with Crippen LogP contribution >= 0.6 is 0 Å². The van der Waals surface area contributed by atoms with Gasteiger partial charge in [-0.05, 0) is 31.4 Å². The molecule has 0 spiro atoms. The third-order valence-electron chi connectivity index (χ3n) is 2.65. The lowest BCUT2D eigenvalue weighted by Crippen LogP contribution is -2.36. The molecule has 1 amide bonds. The Kier molecular flexibility index (Phi) is 7.27. The van der Waals surface area contributed by atoms with Crippen molar-refractivity contribution in [3.05, 3.63) is 35.9 Å². The number of unbranched alkanes of at least 4 members (excludes halogenated alkanes) is 1. The van der Waals surface area contributed by atoms with E-state index in [2.05, 4.69) is 5.32 Å². The van der Waals surface area contributed by atoms with Gasteiger partial charge in [0.25, 0.3) is 0 Å². The Balaban J connectivity index is 2.27. The second-order valence-electron chi connectivity index (χ2n) is 4.23. The lowest BCUT2D eigenvalue weighted by molar-refractivity contribution is -0.109. The molecule has 0 bridgehead atoms. The van der Waals surface area contributed by atoms with Gasteiger partial charge in [-0.25, -0.2) is 4.79 Å². The third kappa shape index (κ3) is 6.57. The number of ether oxygens (including phenoxy) is 1. The van der Waals surface area contributed by atoms with Crippen LogP contribution in [0.25, 0.3) is 0 Å². The molecule has 1 atom stereocenters. The fraction of sp³-hybridized carbons (Fsp3) is 0.429. The summed E-state index contributed by atoms with van der Waals surface area (Å²) in [6, 6.07) is 8.87. The number of nitrogens with one attached hydrogen (secondary N) is 1. The van der Waals surface area contributed by atoms with Crippen LogP contribution in [0.15, 0.2) is 30.3 Å². The summed E-state index contributed by atoms with van der Waals surface area (Å²) < 4.78 is 5.03. The highest BCUT2D eigenvalue weighted by Crippen LogP contribution is 2.02. The number of carbonyl (C=O) groups excluding carboxylic acids is 2. The minimum Gasteiger partial charge on any atom is -0.445 e. The van der Waals surface area contributed by atoms with Crippen LogP contribution in [-0.2, 0) is 16.1 Å². The zero-order chi connectivity index (χ0) is 13.9. The summed E-state index contributed by atoms with van der Waals surface area (Å²) in [4.78, 5) is 22.3. The molecule has 0 radical (unpaired) electrons. The molecule has 0 aliphatic rings. The Morgan fingerprint density at radius 2 is 2.05 bits per heavy atom. The molecule has 0 unspecified atom stereocenters. The third-order valence-corrected chi connectivity index (χ3v) is 2.65. The van der Waals surface area contributed by atoms with Gasteiger partial charge in [-0.3, -0.25) is 0 Å². The van der Waals surface area contributed by atoms with Gasteiger partial charge in [0.2, 0.25) is 0 Å². The summed E-state index contributed by atoms with van der Waals surface area (Å²) in [5, 5.41) is 2.53. The molecular formula is C14H20N2O3. The van der Waals surface area contributed by atoms with E-state index in [4.69, 9.17) is 10.5 Å². The predicted molar refractivity (Wildman–Crippen MR) is 72.5 cm³/mol. The largest absolute Gasteiger partial charge is 0.445 e. The van der Waals surface area contributed by atoms with Crippen molar-refractivity contribution < 1.29 is 14.3 Å². The first kappa shape index (κ1) is 15.2. The van der Waals surface area contributed by atoms with Crippen molar-refractivity contribution in [3.63, 3.8) is 0 Å². The Hall–Kier alpha value is -1.88. The topological polar surface area (TPSA) is 81.4 Å². The Morgan fingerprint density at radius 1 is 1.32 bits per heavy atom. The Bertz CT molecular complexity index is 382. The molecule has 0 fully saturated rings. The number of rotatable bonds is 8. The molecule has 0 heterocycles. The van der Waals surface area contributed by atoms with Crippen molar-refractivity contribution in [3.8, 4) is 0 Å². The molecule has 104 valence electrons. The van der Waals surface area contributed by atoms with Gasteiger partial charge in [0.05, 0.1) is 6.04 Å². The van der Waals surface area contributed by atoms with E-state index in [9.17, 15) is 9.59 Å². The molecule has 19 heavy (non-hydrogen) atoms. The molecular weight excluding hydrogens is 244 g/mol. The molecule has 5 heteroatoms. The highest BCUT2D eigenvalue weighted by atomic mass is 16.5. The van der Waals surface area contributed by atoms with Crippen LogP contribution < -0.4 is 11.1 Å². The van der Waals surface area contributed by atoms with Crippen molar-refractivity contribution >= 4 is 12.4 Å². The zero-order valence-electron chi connectivity index (χ0n) is 10.9. The van der Waals surface area contributed by atoms with E-state index in [0.29, 0.717) is 13.0 Å². The number of aldehydes is 1. The van der Waals surface area contributed by atoms with Crippen LogP contribution in [-0.4, -0.2) is 25.0 Å². The normalized spacial score (nSPS) is 11.6. The zero-order valence-corrected chi connectivity index (χ0v) is 10.9. The maximum absolute atomic E-state index is 11.5. The van der Waals surface area contributed by atoms with E-state index in [1.54, 1.807) is 0 Å². The highest BCUT2D eigenvalue weighted by Gasteiger charge is 2.11. The van der Waals surface area contributed by atoms with Crippen LogP contribution in [0.1, 0.15) is 24.8 Å². The summed E-state index contributed by atoms with van der Waals surface area (Å²) in [6.07, 6.45) is 2.37. The Labute approximate surface area is 113 Å². The van der Waals surface area contributed by atoms with E-state index in [1.807, 2.05) is 30.3 Å². The average molecular weight is 264 g/mol. The van der Waals surface area contributed by atoms with Gasteiger partial charge in [-0.15, -0.1) is 0 Å². The second-order valence-corrected chi connectivity index (χ2v) is 4.23. The van der Waals surface area contributed by atoms with E-state index in [0.717, 1.165) is 24.7 Å². The van der Waals surface area contributed by atoms with Crippen LogP contribution in [0.3, 0.4) is 0 Å². The first-order chi connectivity index (χ1) is 9.26. The molecule has 0 saturated carbocycles. The molecule has 0 aromatic heterocycles. The Morgan fingerprint density at radius 3 is 2.68 bits per heavy atom. The van der Waals surface area contributed by atoms with Gasteiger partial charge in [-0.2, -0.15) is 0 Å². The smallest absolute Gasteiger partial charge is 0.408 e. The van der Waals surface area contributed by atoms with Gasteiger partial charge in [-0.1, -0.05) is 30.3 Å². The van der Waals surface area contributed by atoms with Crippen LogP contribution in [0, 0.1) is 0 Å². The number of carbonyl (C=O) groups is 2. The average Bonchev–Trinajstić information content (AvgIpc) is 2.45. The molecule has 0 aliphatic heterocycles. The van der Waals surface area contributed by atoms with Crippen LogP contribution in [0.2, 0.25) is 0 Å². The number of alkyl carbamates (subject to hydrolysis) is 1. The summed E-state index contributed by atoms with van der Waals surface area (Å²) in [6.45, 7) is 0.783. The SMILES string of the molecule is NCCCC[C@H](C=O)NC(=O)OCc1ccccc1. The molecule has 0 saturated heterocycles. The maximum atomic E-state index is 11.5. The second kappa shape index (κ2) is 9.10. The van der Waals surface area contributed by atoms with E-state index in [-0.39, 0.29) is 6.61 Å². The predicted octanol–water partition coefficient (Wildman–Crippen LogP) is 1.61. The van der Waals surface area contributed by atoms with Crippen molar-refractivity contribution in [1.82, 2.24) is 5.32 Å². The number of nitrogens with two attached hydrogens (primary N) is 1. The monoisotopic (exact) mass is 264 g/mol. The summed E-state index contributed by atoms with van der Waals surface area (Å²) in [5.74, 6) is 0. The molecule has 3 N–H and O–H groups in total. The van der Waals surface area contributed by atoms with Crippen LogP contribution in [0.4, 0.5) is 4.79 Å². The number of hydrogen-bond donors (Lipinski definition) is 2. The van der Waals surface area contributed by atoms with Gasteiger partial charge >= 0.3 is 6.09 Å². The van der Waals surface area contributed by atoms with Crippen LogP contribution in [0.5, 0.6) is 0 Å². The standard InChI is InChI=1S/C14H20N2O3/c15-9-5-4-8-13(10-17)16-14(18)19-11-12-6-2-1-3-7-12/h1-3,6-7,10,13H,4-5,8-9,11,15H2,(H,16,18)/t13-/m1/s1. The van der Waals surface area contributed by atoms with Crippen molar-refractivity contribution in [2.24, 2.45) is 5.73 Å². The van der Waals surface area contributed by atoms with Crippen molar-refractivity contribution in [2.75, 3.05) is 6.54 Å². The number of hydrogen-bond acceptors (Lipinski definition) is 4. The van der Waals surface area contributed by atoms with Crippen molar-refractivity contribution in [2.45, 2.75) is 31.9 Å². The summed E-state index contributed by atoms with van der Waals surface area (Å²) >= 11 is 0. The number of amides is 1. The van der Waals surface area contributed by atoms with Gasteiger partial charge in [0.15, 0.2) is 0 Å². The maximum Gasteiger partial charge on any atom is 0.408 e. The minimum atomic E-state index is -0.575. The van der Waals surface area contributed by atoms with E-state index >= 15 is 0 Å². The molecule has 1 aromatic carbocycles. The lowest BCUT2D eigenvalue weighted by Gasteiger charge is -2.12. The van der Waals surface area contributed by atoms with Crippen molar-refractivity contribution in [1.29, 1.82) is 0 Å². The van der Waals surface area contributed by atoms with Gasteiger partial charge in [0.1, 0.15) is 12.9 Å². The fourth-order valence-corrected chi connectivity index (χ4v) is 1.60. The molecule has 1 aromatic rings. The summed E-state index contributed by atoms with van der Waals surface area (Å²) in [7, 11) is 0. The molecule has 5 nitrogen and oxygen atoms in total. The summed E-state index contributed by atoms with van der Waals surface area (Å²) in [5.41, 5.74) is 6.28. The van der Waals surface area contributed by atoms with E-state index in [1.165, 1.54) is 0 Å². The minimum absolute atomic E-state index is 0.195. The van der Waals surface area contributed by atoms with E-state index < -0.39 is 12.1 Å². The first-order valence-electron chi connectivity index (χ1n) is 6.39. The fourth-order valence-electron chi connectivity index (χ4n) is 1.60. The van der Waals surface area contributed by atoms with Gasteiger partial charge in [0, 0.05) is 0 Å².